The number of rotatable bonds is 15. The molecule has 1 aromatic carbocycles. The second-order valence-corrected chi connectivity index (χ2v) is 9.17. The molecule has 0 radical (unpaired) electrons. The predicted molar refractivity (Wildman–Crippen MR) is 115 cm³/mol. The molecule has 148 valence electrons. The van der Waals surface area contributed by atoms with Gasteiger partial charge in [0.1, 0.15) is 5.75 Å². The van der Waals surface area contributed by atoms with Crippen molar-refractivity contribution < 1.29 is 9.30 Å². The Morgan fingerprint density at radius 3 is 2.27 bits per heavy atom. The number of unbranched alkanes of at least 4 members (excludes halogenated alkanes) is 5. The van der Waals surface area contributed by atoms with E-state index in [0.29, 0.717) is 18.2 Å². The second-order valence-electron chi connectivity index (χ2n) is 7.34. The zero-order valence-electron chi connectivity index (χ0n) is 17.5. The van der Waals surface area contributed by atoms with Crippen LogP contribution < -0.4 is 10.0 Å². The maximum Gasteiger partial charge on any atom is 0.380 e. The van der Waals surface area contributed by atoms with Crippen LogP contribution in [0.5, 0.6) is 5.75 Å². The van der Waals surface area contributed by atoms with Crippen molar-refractivity contribution in [2.24, 2.45) is 5.92 Å². The van der Waals surface area contributed by atoms with Gasteiger partial charge in [0, 0.05) is 12.0 Å². The zero-order chi connectivity index (χ0) is 19.2. The Morgan fingerprint density at radius 2 is 1.62 bits per heavy atom. The minimum atomic E-state index is -1.38. The summed E-state index contributed by atoms with van der Waals surface area (Å²) in [5.41, 5.74) is 0.291. The van der Waals surface area contributed by atoms with Crippen molar-refractivity contribution in [3.8, 4) is 5.75 Å². The molecule has 3 atom stereocenters. The Bertz CT molecular complexity index is 501. The number of ether oxygens (including phenoxy) is 1. The summed E-state index contributed by atoms with van der Waals surface area (Å²) in [4.78, 5) is 0. The first-order valence-corrected chi connectivity index (χ1v) is 12.2. The number of hydrogen-bond donors (Lipinski definition) is 0. The van der Waals surface area contributed by atoms with E-state index in [2.05, 4.69) is 20.8 Å². The summed E-state index contributed by atoms with van der Waals surface area (Å²) in [6.07, 6.45) is 12.5. The van der Waals surface area contributed by atoms with E-state index in [1.54, 1.807) is 0 Å². The fraction of sp³-hybridized carbons (Fsp3) is 0.739. The van der Waals surface area contributed by atoms with Crippen LogP contribution in [0, 0.1) is 5.92 Å². The Kier molecular flexibility index (Phi) is 12.7. The summed E-state index contributed by atoms with van der Waals surface area (Å²) in [6, 6.07) is 7.94. The zero-order valence-corrected chi connectivity index (χ0v) is 18.4. The van der Waals surface area contributed by atoms with Crippen molar-refractivity contribution in [2.75, 3.05) is 6.61 Å². The average Bonchev–Trinajstić information content (AvgIpc) is 2.66. The maximum atomic E-state index is 13.4. The number of benzene rings is 1. The van der Waals surface area contributed by atoms with Crippen LogP contribution in [0.4, 0.5) is 0 Å². The van der Waals surface area contributed by atoms with Gasteiger partial charge in [0.25, 0.3) is 0 Å². The summed E-state index contributed by atoms with van der Waals surface area (Å²) in [6.45, 7) is 9.36. The third kappa shape index (κ3) is 8.21. The largest absolute Gasteiger partial charge is 0.494 e. The van der Waals surface area contributed by atoms with Gasteiger partial charge in [0.05, 0.1) is 6.61 Å². The van der Waals surface area contributed by atoms with Gasteiger partial charge in [-0.2, -0.15) is 0 Å². The molecule has 0 spiro atoms. The van der Waals surface area contributed by atoms with Crippen LogP contribution >= 0.6 is 7.80 Å². The van der Waals surface area contributed by atoms with Gasteiger partial charge in [-0.3, -0.25) is 0 Å². The lowest BCUT2D eigenvalue weighted by atomic mass is 9.91. The van der Waals surface area contributed by atoms with Crippen LogP contribution in [0.15, 0.2) is 24.3 Å². The van der Waals surface area contributed by atoms with E-state index in [9.17, 15) is 4.57 Å². The molecule has 1 rings (SSSR count). The molecule has 26 heavy (non-hydrogen) atoms. The van der Waals surface area contributed by atoms with Gasteiger partial charge >= 0.3 is 7.80 Å². The van der Waals surface area contributed by atoms with Gasteiger partial charge < -0.3 is 4.74 Å². The van der Waals surface area contributed by atoms with Crippen LogP contribution in [0.1, 0.15) is 91.9 Å². The minimum Gasteiger partial charge on any atom is -0.494 e. The monoisotopic (exact) mass is 379 g/mol. The van der Waals surface area contributed by atoms with E-state index in [4.69, 9.17) is 4.74 Å². The molecule has 2 nitrogen and oxygen atoms in total. The topological polar surface area (TPSA) is 26.3 Å². The van der Waals surface area contributed by atoms with E-state index in [-0.39, 0.29) is 0 Å². The fourth-order valence-corrected chi connectivity index (χ4v) is 5.65. The van der Waals surface area contributed by atoms with Crippen molar-refractivity contribution in [2.45, 2.75) is 97.6 Å². The molecule has 0 saturated carbocycles. The second kappa shape index (κ2) is 14.2. The van der Waals surface area contributed by atoms with Gasteiger partial charge in [0.15, 0.2) is 11.0 Å². The van der Waals surface area contributed by atoms with Crippen LogP contribution in [-0.4, -0.2) is 12.3 Å². The lowest BCUT2D eigenvalue weighted by Gasteiger charge is -2.19. The van der Waals surface area contributed by atoms with Crippen molar-refractivity contribution in [3.63, 3.8) is 0 Å². The summed E-state index contributed by atoms with van der Waals surface area (Å²) in [5, 5.41) is 0.963. The highest BCUT2D eigenvalue weighted by Crippen LogP contribution is 2.40. The number of hydrogen-bond acceptors (Lipinski definition) is 2. The van der Waals surface area contributed by atoms with Gasteiger partial charge in [-0.1, -0.05) is 76.3 Å². The molecule has 0 amide bonds. The maximum absolute atomic E-state index is 13.4. The van der Waals surface area contributed by atoms with Crippen molar-refractivity contribution in [3.05, 3.63) is 24.3 Å². The third-order valence-corrected chi connectivity index (χ3v) is 7.43. The molecule has 0 bridgehead atoms. The lowest BCUT2D eigenvalue weighted by Crippen LogP contribution is -2.20. The highest BCUT2D eigenvalue weighted by atomic mass is 31.1. The average molecular weight is 380 g/mol. The fourth-order valence-electron chi connectivity index (χ4n) is 3.76. The van der Waals surface area contributed by atoms with Gasteiger partial charge in [-0.05, 0) is 38.3 Å². The van der Waals surface area contributed by atoms with E-state index in [1.807, 2.05) is 31.2 Å². The molecule has 0 aliphatic rings. The lowest BCUT2D eigenvalue weighted by molar-refractivity contribution is 0.340. The molecule has 0 heterocycles. The summed E-state index contributed by atoms with van der Waals surface area (Å²) >= 11 is 0. The molecular formula is C23H40O2P+. The van der Waals surface area contributed by atoms with Crippen LogP contribution in [0.3, 0.4) is 0 Å². The van der Waals surface area contributed by atoms with E-state index >= 15 is 0 Å². The molecule has 3 unspecified atom stereocenters. The van der Waals surface area contributed by atoms with E-state index < -0.39 is 7.80 Å². The van der Waals surface area contributed by atoms with Crippen molar-refractivity contribution in [1.82, 2.24) is 0 Å². The summed E-state index contributed by atoms with van der Waals surface area (Å²) in [7, 11) is -1.38. The molecule has 0 saturated heterocycles. The molecule has 0 fully saturated rings. The molecule has 0 aliphatic carbocycles. The quantitative estimate of drug-likeness (QED) is 0.233. The normalized spacial score (nSPS) is 14.1. The summed E-state index contributed by atoms with van der Waals surface area (Å²) in [5.74, 6) is 1.42. The van der Waals surface area contributed by atoms with Crippen molar-refractivity contribution >= 4 is 13.1 Å². The van der Waals surface area contributed by atoms with Gasteiger partial charge in [-0.15, -0.1) is 0 Å². The van der Waals surface area contributed by atoms with Crippen LogP contribution in [0.25, 0.3) is 0 Å². The van der Waals surface area contributed by atoms with Gasteiger partial charge in [0.2, 0.25) is 0 Å². The predicted octanol–water partition coefficient (Wildman–Crippen LogP) is 7.48. The molecule has 1 aromatic rings. The Balaban J connectivity index is 2.79. The molecule has 3 heteroatoms. The van der Waals surface area contributed by atoms with E-state index in [0.717, 1.165) is 17.5 Å². The van der Waals surface area contributed by atoms with Crippen molar-refractivity contribution in [1.29, 1.82) is 0 Å². The molecule has 0 aromatic heterocycles. The highest BCUT2D eigenvalue weighted by Gasteiger charge is 2.37. The van der Waals surface area contributed by atoms with Crippen LogP contribution in [0.2, 0.25) is 0 Å². The Labute approximate surface area is 162 Å². The molecule has 0 N–H and O–H groups in total. The highest BCUT2D eigenvalue weighted by molar-refractivity contribution is 7.54. The first-order chi connectivity index (χ1) is 12.7. The first-order valence-electron chi connectivity index (χ1n) is 10.9. The minimum absolute atomic E-state index is 0.291. The van der Waals surface area contributed by atoms with Crippen LogP contribution in [-0.2, 0) is 4.57 Å². The first kappa shape index (κ1) is 23.2. The Morgan fingerprint density at radius 1 is 0.923 bits per heavy atom. The smallest absolute Gasteiger partial charge is 0.380 e. The SMILES string of the molecule is CCCCCCCC(CCCC)C(CC)[P+](=O)c1cccc(OCC)c1. The van der Waals surface area contributed by atoms with Gasteiger partial charge in [-0.25, -0.2) is 0 Å². The standard InChI is InChI=1S/C23H40O2P/c1-5-9-11-12-13-16-20(15-10-6-2)23(7-3)26(24)22-18-14-17-21(19-22)25-8-4/h14,17-20,23H,5-13,15-16H2,1-4H3/q+1. The molecule has 0 aliphatic heterocycles. The Hall–Kier alpha value is -0.880. The summed E-state index contributed by atoms with van der Waals surface area (Å²) < 4.78 is 19.0. The van der Waals surface area contributed by atoms with E-state index in [1.165, 1.54) is 57.8 Å². The third-order valence-electron chi connectivity index (χ3n) is 5.25. The molecular weight excluding hydrogens is 339 g/mol.